The van der Waals surface area contributed by atoms with Gasteiger partial charge in [0.25, 0.3) is 0 Å². The molecule has 1 saturated carbocycles. The molecule has 1 aliphatic carbocycles. The molecule has 8 heteroatoms. The molecule has 1 fully saturated rings. The SMILES string of the molecule is COCCn1c(CN(C)Cc2ccsc2)cnc1S(=O)(=O)C1CCCCCC1. The van der Waals surface area contributed by atoms with E-state index in [1.165, 1.54) is 5.56 Å². The summed E-state index contributed by atoms with van der Waals surface area (Å²) in [5.41, 5.74) is 2.18. The van der Waals surface area contributed by atoms with E-state index in [1.807, 2.05) is 11.6 Å². The first-order chi connectivity index (χ1) is 13.5. The molecule has 0 saturated heterocycles. The van der Waals surface area contributed by atoms with Gasteiger partial charge in [-0.1, -0.05) is 25.7 Å². The Morgan fingerprint density at radius 1 is 1.25 bits per heavy atom. The van der Waals surface area contributed by atoms with Gasteiger partial charge in [0, 0.05) is 26.7 Å². The van der Waals surface area contributed by atoms with E-state index < -0.39 is 9.84 Å². The Bertz CT molecular complexity index is 823. The molecule has 3 rings (SSSR count). The molecule has 1 aliphatic rings. The van der Waals surface area contributed by atoms with Gasteiger partial charge in [0.15, 0.2) is 0 Å². The largest absolute Gasteiger partial charge is 0.383 e. The van der Waals surface area contributed by atoms with Crippen molar-refractivity contribution in [3.63, 3.8) is 0 Å². The summed E-state index contributed by atoms with van der Waals surface area (Å²) in [6.45, 7) is 2.43. The Morgan fingerprint density at radius 3 is 2.64 bits per heavy atom. The van der Waals surface area contributed by atoms with Crippen LogP contribution in [0.5, 0.6) is 0 Å². The molecule has 2 aromatic rings. The number of rotatable bonds is 9. The average Bonchev–Trinajstić information content (AvgIpc) is 3.21. The van der Waals surface area contributed by atoms with Crippen LogP contribution in [0.2, 0.25) is 0 Å². The lowest BCUT2D eigenvalue weighted by Gasteiger charge is -2.20. The van der Waals surface area contributed by atoms with Gasteiger partial charge in [-0.05, 0) is 42.3 Å². The van der Waals surface area contributed by atoms with E-state index in [9.17, 15) is 8.42 Å². The quantitative estimate of drug-likeness (QED) is 0.573. The van der Waals surface area contributed by atoms with Crippen molar-refractivity contribution in [2.45, 2.75) is 68.6 Å². The van der Waals surface area contributed by atoms with Gasteiger partial charge in [0.05, 0.1) is 23.7 Å². The number of hydrogen-bond donors (Lipinski definition) is 0. The number of hydrogen-bond acceptors (Lipinski definition) is 6. The molecule has 0 aliphatic heterocycles. The van der Waals surface area contributed by atoms with Gasteiger partial charge in [-0.2, -0.15) is 11.3 Å². The van der Waals surface area contributed by atoms with Crippen molar-refractivity contribution in [1.29, 1.82) is 0 Å². The number of aromatic nitrogens is 2. The first kappa shape index (κ1) is 21.5. The Labute approximate surface area is 172 Å². The highest BCUT2D eigenvalue weighted by Gasteiger charge is 2.32. The Hall–Kier alpha value is -1.22. The molecule has 0 atom stereocenters. The molecule has 6 nitrogen and oxygen atoms in total. The van der Waals surface area contributed by atoms with Crippen LogP contribution in [0.15, 0.2) is 28.2 Å². The molecular formula is C20H31N3O3S2. The van der Waals surface area contributed by atoms with Crippen molar-refractivity contribution in [2.24, 2.45) is 0 Å². The second-order valence-corrected chi connectivity index (χ2v) is 10.5. The Kier molecular flexibility index (Phi) is 7.68. The topological polar surface area (TPSA) is 64.4 Å². The molecule has 156 valence electrons. The molecule has 0 bridgehead atoms. The van der Waals surface area contributed by atoms with Crippen molar-refractivity contribution >= 4 is 21.2 Å². The van der Waals surface area contributed by atoms with Crippen molar-refractivity contribution in [1.82, 2.24) is 14.5 Å². The summed E-state index contributed by atoms with van der Waals surface area (Å²) in [5.74, 6) is 0. The minimum Gasteiger partial charge on any atom is -0.383 e. The van der Waals surface area contributed by atoms with E-state index in [4.69, 9.17) is 4.74 Å². The summed E-state index contributed by atoms with van der Waals surface area (Å²) in [6, 6.07) is 2.12. The van der Waals surface area contributed by atoms with E-state index in [1.54, 1.807) is 24.6 Å². The molecule has 28 heavy (non-hydrogen) atoms. The molecule has 0 spiro atoms. The fourth-order valence-electron chi connectivity index (χ4n) is 3.90. The Balaban J connectivity index is 1.82. The van der Waals surface area contributed by atoms with Gasteiger partial charge in [-0.25, -0.2) is 13.4 Å². The van der Waals surface area contributed by atoms with Gasteiger partial charge in [0.1, 0.15) is 0 Å². The van der Waals surface area contributed by atoms with Crippen LogP contribution in [0.4, 0.5) is 0 Å². The summed E-state index contributed by atoms with van der Waals surface area (Å²) in [6.07, 6.45) is 7.44. The zero-order valence-corrected chi connectivity index (χ0v) is 18.5. The zero-order chi connectivity index (χ0) is 20.0. The van der Waals surface area contributed by atoms with Crippen LogP contribution in [0.3, 0.4) is 0 Å². The zero-order valence-electron chi connectivity index (χ0n) is 16.8. The number of nitrogens with zero attached hydrogens (tertiary/aromatic N) is 3. The number of methoxy groups -OCH3 is 1. The number of thiophene rings is 1. The first-order valence-electron chi connectivity index (χ1n) is 9.99. The summed E-state index contributed by atoms with van der Waals surface area (Å²) in [5, 5.41) is 4.12. The van der Waals surface area contributed by atoms with Crippen molar-refractivity contribution in [3.8, 4) is 0 Å². The second-order valence-electron chi connectivity index (χ2n) is 7.64. The van der Waals surface area contributed by atoms with Crippen molar-refractivity contribution in [2.75, 3.05) is 20.8 Å². The molecule has 2 aromatic heterocycles. The number of ether oxygens (including phenoxy) is 1. The van der Waals surface area contributed by atoms with Crippen LogP contribution in [0, 0.1) is 0 Å². The molecule has 0 amide bonds. The number of sulfone groups is 1. The highest BCUT2D eigenvalue weighted by atomic mass is 32.2. The molecule has 0 radical (unpaired) electrons. The van der Waals surface area contributed by atoms with E-state index in [0.717, 1.165) is 50.8 Å². The third kappa shape index (κ3) is 5.23. The lowest BCUT2D eigenvalue weighted by atomic mass is 10.2. The fourth-order valence-corrected chi connectivity index (χ4v) is 6.52. The van der Waals surface area contributed by atoms with Crippen LogP contribution in [-0.4, -0.2) is 48.9 Å². The maximum absolute atomic E-state index is 13.3. The monoisotopic (exact) mass is 425 g/mol. The number of imidazole rings is 1. The maximum atomic E-state index is 13.3. The van der Waals surface area contributed by atoms with Crippen LogP contribution in [0.1, 0.15) is 49.8 Å². The minimum atomic E-state index is -3.43. The van der Waals surface area contributed by atoms with E-state index >= 15 is 0 Å². The molecule has 0 aromatic carbocycles. The highest BCUT2D eigenvalue weighted by molar-refractivity contribution is 7.91. The molecule has 0 N–H and O–H groups in total. The van der Waals surface area contributed by atoms with Crippen LogP contribution >= 0.6 is 11.3 Å². The predicted molar refractivity (Wildman–Crippen MR) is 112 cm³/mol. The van der Waals surface area contributed by atoms with Gasteiger partial charge in [0.2, 0.25) is 15.0 Å². The van der Waals surface area contributed by atoms with Crippen LogP contribution in [0.25, 0.3) is 0 Å². The predicted octanol–water partition coefficient (Wildman–Crippen LogP) is 3.72. The van der Waals surface area contributed by atoms with Gasteiger partial charge < -0.3 is 9.30 Å². The third-order valence-corrected chi connectivity index (χ3v) is 8.30. The minimum absolute atomic E-state index is 0.218. The van der Waals surface area contributed by atoms with Crippen LogP contribution in [-0.2, 0) is 34.2 Å². The normalized spacial score (nSPS) is 16.5. The van der Waals surface area contributed by atoms with E-state index in [-0.39, 0.29) is 10.4 Å². The first-order valence-corrected chi connectivity index (χ1v) is 12.5. The van der Waals surface area contributed by atoms with Crippen molar-refractivity contribution in [3.05, 3.63) is 34.3 Å². The lowest BCUT2D eigenvalue weighted by Crippen LogP contribution is -2.26. The van der Waals surface area contributed by atoms with Gasteiger partial charge >= 0.3 is 0 Å². The van der Waals surface area contributed by atoms with Gasteiger partial charge in [-0.15, -0.1) is 0 Å². The van der Waals surface area contributed by atoms with Crippen LogP contribution < -0.4 is 0 Å². The van der Waals surface area contributed by atoms with Crippen molar-refractivity contribution < 1.29 is 13.2 Å². The summed E-state index contributed by atoms with van der Waals surface area (Å²) in [4.78, 5) is 6.58. The maximum Gasteiger partial charge on any atom is 0.228 e. The average molecular weight is 426 g/mol. The summed E-state index contributed by atoms with van der Waals surface area (Å²) >= 11 is 1.69. The van der Waals surface area contributed by atoms with E-state index in [0.29, 0.717) is 19.7 Å². The fraction of sp³-hybridized carbons (Fsp3) is 0.650. The highest BCUT2D eigenvalue weighted by Crippen LogP contribution is 2.28. The van der Waals surface area contributed by atoms with E-state index in [2.05, 4.69) is 26.7 Å². The molecular weight excluding hydrogens is 394 g/mol. The molecule has 0 unspecified atom stereocenters. The summed E-state index contributed by atoms with van der Waals surface area (Å²) in [7, 11) is 0.252. The smallest absolute Gasteiger partial charge is 0.228 e. The standard InChI is InChI=1S/C20H31N3O3S2/c1-22(14-17-9-12-27-16-17)15-18-13-21-20(23(18)10-11-26-2)28(24,25)19-7-5-3-4-6-8-19/h9,12-13,16,19H,3-8,10-11,14-15H2,1-2H3. The molecule has 2 heterocycles. The lowest BCUT2D eigenvalue weighted by molar-refractivity contribution is 0.182. The second kappa shape index (κ2) is 10.0. The summed E-state index contributed by atoms with van der Waals surface area (Å²) < 4.78 is 33.8. The Morgan fingerprint density at radius 2 is 2.00 bits per heavy atom. The third-order valence-electron chi connectivity index (χ3n) is 5.38. The van der Waals surface area contributed by atoms with Gasteiger partial charge in [-0.3, -0.25) is 4.90 Å².